The lowest BCUT2D eigenvalue weighted by atomic mass is 9.90. The molecule has 1 unspecified atom stereocenters. The Morgan fingerprint density at radius 3 is 2.31 bits per heavy atom. The van der Waals surface area contributed by atoms with Gasteiger partial charge in [0.25, 0.3) is 0 Å². The standard InChI is InChI=1S/C12H23NO3/c1-5-12(3,4)8-13-10(14)6-9(2)7-11(15)16/h9H,5-8H2,1-4H3,(H,13,14)(H,15,16). The van der Waals surface area contributed by atoms with Crippen LogP contribution in [0.4, 0.5) is 0 Å². The van der Waals surface area contributed by atoms with Gasteiger partial charge >= 0.3 is 5.97 Å². The first-order valence-electron chi connectivity index (χ1n) is 5.75. The summed E-state index contributed by atoms with van der Waals surface area (Å²) in [6, 6.07) is 0. The quantitative estimate of drug-likeness (QED) is 0.702. The molecule has 0 rings (SSSR count). The van der Waals surface area contributed by atoms with Crippen molar-refractivity contribution in [3.05, 3.63) is 0 Å². The fourth-order valence-corrected chi connectivity index (χ4v) is 1.22. The van der Waals surface area contributed by atoms with Crippen molar-refractivity contribution in [3.63, 3.8) is 0 Å². The van der Waals surface area contributed by atoms with Gasteiger partial charge in [-0.15, -0.1) is 0 Å². The molecule has 0 aliphatic carbocycles. The van der Waals surface area contributed by atoms with E-state index in [-0.39, 0.29) is 30.1 Å². The van der Waals surface area contributed by atoms with Gasteiger partial charge in [-0.05, 0) is 17.8 Å². The molecule has 0 saturated carbocycles. The summed E-state index contributed by atoms with van der Waals surface area (Å²) in [5.41, 5.74) is 0.103. The molecule has 0 heterocycles. The molecule has 0 aliphatic rings. The molecule has 4 heteroatoms. The second-order valence-corrected chi connectivity index (χ2v) is 5.20. The van der Waals surface area contributed by atoms with Gasteiger partial charge in [0.15, 0.2) is 0 Å². The number of carbonyl (C=O) groups is 2. The third-order valence-electron chi connectivity index (χ3n) is 2.78. The van der Waals surface area contributed by atoms with E-state index in [1.54, 1.807) is 6.92 Å². The van der Waals surface area contributed by atoms with Crippen molar-refractivity contribution in [2.45, 2.75) is 47.0 Å². The van der Waals surface area contributed by atoms with Crippen LogP contribution >= 0.6 is 0 Å². The van der Waals surface area contributed by atoms with Gasteiger partial charge < -0.3 is 10.4 Å². The van der Waals surface area contributed by atoms with Gasteiger partial charge in [0.2, 0.25) is 5.91 Å². The van der Waals surface area contributed by atoms with Crippen LogP contribution in [0.1, 0.15) is 47.0 Å². The van der Waals surface area contributed by atoms with Gasteiger partial charge in [-0.1, -0.05) is 27.7 Å². The molecular formula is C12H23NO3. The Kier molecular flexibility index (Phi) is 6.08. The lowest BCUT2D eigenvalue weighted by Gasteiger charge is -2.23. The second-order valence-electron chi connectivity index (χ2n) is 5.20. The summed E-state index contributed by atoms with van der Waals surface area (Å²) in [6.45, 7) is 8.68. The average Bonchev–Trinajstić information content (AvgIpc) is 2.13. The molecule has 0 aromatic carbocycles. The number of aliphatic carboxylic acids is 1. The van der Waals surface area contributed by atoms with Gasteiger partial charge in [0, 0.05) is 19.4 Å². The summed E-state index contributed by atoms with van der Waals surface area (Å²) >= 11 is 0. The number of nitrogens with one attached hydrogen (secondary N) is 1. The molecule has 0 bridgehead atoms. The molecule has 0 saturated heterocycles. The van der Waals surface area contributed by atoms with Crippen LogP contribution in [-0.4, -0.2) is 23.5 Å². The Morgan fingerprint density at radius 2 is 1.88 bits per heavy atom. The van der Waals surface area contributed by atoms with Crippen LogP contribution in [0.5, 0.6) is 0 Å². The SMILES string of the molecule is CCC(C)(C)CNC(=O)CC(C)CC(=O)O. The molecule has 0 fully saturated rings. The third-order valence-corrected chi connectivity index (χ3v) is 2.78. The van der Waals surface area contributed by atoms with Crippen molar-refractivity contribution in [1.29, 1.82) is 0 Å². The first-order chi connectivity index (χ1) is 7.26. The molecule has 0 aromatic rings. The first kappa shape index (κ1) is 14.9. The van der Waals surface area contributed by atoms with Gasteiger partial charge in [-0.2, -0.15) is 0 Å². The molecule has 1 atom stereocenters. The maximum Gasteiger partial charge on any atom is 0.303 e. The number of rotatable bonds is 7. The van der Waals surface area contributed by atoms with E-state index in [9.17, 15) is 9.59 Å². The van der Waals surface area contributed by atoms with Crippen LogP contribution in [0.3, 0.4) is 0 Å². The number of carbonyl (C=O) groups excluding carboxylic acids is 1. The molecule has 1 amide bonds. The summed E-state index contributed by atoms with van der Waals surface area (Å²) in [5.74, 6) is -1.02. The lowest BCUT2D eigenvalue weighted by Crippen LogP contribution is -2.34. The van der Waals surface area contributed by atoms with Crippen LogP contribution in [0, 0.1) is 11.3 Å². The van der Waals surface area contributed by atoms with E-state index in [2.05, 4.69) is 26.1 Å². The fourth-order valence-electron chi connectivity index (χ4n) is 1.22. The van der Waals surface area contributed by atoms with Crippen molar-refractivity contribution < 1.29 is 14.7 Å². The summed E-state index contributed by atoms with van der Waals surface area (Å²) < 4.78 is 0. The van der Waals surface area contributed by atoms with Crippen molar-refractivity contribution >= 4 is 11.9 Å². The highest BCUT2D eigenvalue weighted by Gasteiger charge is 2.17. The summed E-state index contributed by atoms with van der Waals surface area (Å²) in [5, 5.41) is 11.4. The van der Waals surface area contributed by atoms with Crippen LogP contribution < -0.4 is 5.32 Å². The number of hydrogen-bond donors (Lipinski definition) is 2. The minimum absolute atomic E-state index is 0.0462. The van der Waals surface area contributed by atoms with Gasteiger partial charge in [0.05, 0.1) is 0 Å². The largest absolute Gasteiger partial charge is 0.481 e. The Balaban J connectivity index is 3.87. The Hall–Kier alpha value is -1.06. The summed E-state index contributed by atoms with van der Waals surface area (Å²) in [7, 11) is 0. The Morgan fingerprint density at radius 1 is 1.31 bits per heavy atom. The Labute approximate surface area is 97.4 Å². The minimum Gasteiger partial charge on any atom is -0.481 e. The maximum atomic E-state index is 11.5. The van der Waals surface area contributed by atoms with Gasteiger partial charge in [0.1, 0.15) is 0 Å². The molecular weight excluding hydrogens is 206 g/mol. The van der Waals surface area contributed by atoms with Crippen LogP contribution in [-0.2, 0) is 9.59 Å². The summed E-state index contributed by atoms with van der Waals surface area (Å²) in [6.07, 6.45) is 1.33. The summed E-state index contributed by atoms with van der Waals surface area (Å²) in [4.78, 5) is 21.9. The van der Waals surface area contributed by atoms with Crippen LogP contribution in [0.25, 0.3) is 0 Å². The number of carboxylic acid groups (broad SMARTS) is 1. The van der Waals surface area contributed by atoms with Gasteiger partial charge in [-0.3, -0.25) is 9.59 Å². The molecule has 0 spiro atoms. The highest BCUT2D eigenvalue weighted by molar-refractivity contribution is 5.77. The van der Waals surface area contributed by atoms with Gasteiger partial charge in [-0.25, -0.2) is 0 Å². The topological polar surface area (TPSA) is 66.4 Å². The molecule has 94 valence electrons. The van der Waals surface area contributed by atoms with E-state index in [1.807, 2.05) is 0 Å². The highest BCUT2D eigenvalue weighted by Crippen LogP contribution is 2.18. The van der Waals surface area contributed by atoms with E-state index >= 15 is 0 Å². The predicted octanol–water partition coefficient (Wildman–Crippen LogP) is 2.04. The van der Waals surface area contributed by atoms with Crippen LogP contribution in [0.15, 0.2) is 0 Å². The van der Waals surface area contributed by atoms with E-state index < -0.39 is 5.97 Å². The molecule has 0 aliphatic heterocycles. The van der Waals surface area contributed by atoms with Crippen molar-refractivity contribution in [1.82, 2.24) is 5.32 Å². The van der Waals surface area contributed by atoms with Crippen molar-refractivity contribution in [2.24, 2.45) is 11.3 Å². The normalized spacial score (nSPS) is 13.2. The van der Waals surface area contributed by atoms with E-state index in [4.69, 9.17) is 5.11 Å². The molecule has 0 aromatic heterocycles. The lowest BCUT2D eigenvalue weighted by molar-refractivity contribution is -0.138. The monoisotopic (exact) mass is 229 g/mol. The molecule has 4 nitrogen and oxygen atoms in total. The average molecular weight is 229 g/mol. The van der Waals surface area contributed by atoms with Crippen molar-refractivity contribution in [2.75, 3.05) is 6.54 Å². The van der Waals surface area contributed by atoms with E-state index in [0.717, 1.165) is 6.42 Å². The third kappa shape index (κ3) is 7.26. The number of amides is 1. The number of hydrogen-bond acceptors (Lipinski definition) is 2. The number of carboxylic acids is 1. The zero-order valence-corrected chi connectivity index (χ0v) is 10.7. The van der Waals surface area contributed by atoms with E-state index in [0.29, 0.717) is 6.54 Å². The predicted molar refractivity (Wildman–Crippen MR) is 63.1 cm³/mol. The Bertz CT molecular complexity index is 249. The minimum atomic E-state index is -0.853. The van der Waals surface area contributed by atoms with Crippen molar-refractivity contribution in [3.8, 4) is 0 Å². The van der Waals surface area contributed by atoms with Crippen LogP contribution in [0.2, 0.25) is 0 Å². The maximum absolute atomic E-state index is 11.5. The first-order valence-corrected chi connectivity index (χ1v) is 5.75. The fraction of sp³-hybridized carbons (Fsp3) is 0.833. The molecule has 2 N–H and O–H groups in total. The molecule has 16 heavy (non-hydrogen) atoms. The van der Waals surface area contributed by atoms with E-state index in [1.165, 1.54) is 0 Å². The zero-order valence-electron chi connectivity index (χ0n) is 10.7. The smallest absolute Gasteiger partial charge is 0.303 e. The highest BCUT2D eigenvalue weighted by atomic mass is 16.4. The zero-order chi connectivity index (χ0) is 12.8. The molecule has 0 radical (unpaired) electrons. The second kappa shape index (κ2) is 6.51.